The lowest BCUT2D eigenvalue weighted by Crippen LogP contribution is -2.45. The molecule has 1 saturated carbocycles. The van der Waals surface area contributed by atoms with E-state index in [1.807, 2.05) is 6.07 Å². The predicted molar refractivity (Wildman–Crippen MR) is 136 cm³/mol. The van der Waals surface area contributed by atoms with Gasteiger partial charge in [-0.05, 0) is 36.6 Å². The highest BCUT2D eigenvalue weighted by Crippen LogP contribution is 2.43. The van der Waals surface area contributed by atoms with Gasteiger partial charge in [0.25, 0.3) is 17.3 Å². The van der Waals surface area contributed by atoms with Gasteiger partial charge in [0, 0.05) is 31.4 Å². The van der Waals surface area contributed by atoms with E-state index in [-0.39, 0.29) is 30.5 Å². The Morgan fingerprint density at radius 1 is 1.29 bits per heavy atom. The second-order valence-electron chi connectivity index (χ2n) is 9.59. The third kappa shape index (κ3) is 4.98. The van der Waals surface area contributed by atoms with E-state index < -0.39 is 26.2 Å². The predicted octanol–water partition coefficient (Wildman–Crippen LogP) is 0.607. The monoisotopic (exact) mass is 538 g/mol. The number of ether oxygens (including phenoxy) is 2. The number of fused-ring (bicyclic) bond motifs is 1. The summed E-state index contributed by atoms with van der Waals surface area (Å²) in [5.41, 5.74) is 0.939. The Kier molecular flexibility index (Phi) is 6.87. The molecule has 2 fully saturated rings. The second kappa shape index (κ2) is 10.1. The molecule has 1 amide bonds. The Balaban J connectivity index is 1.32. The third-order valence-corrected chi connectivity index (χ3v) is 9.10. The van der Waals surface area contributed by atoms with Crippen molar-refractivity contribution in [2.75, 3.05) is 26.4 Å². The van der Waals surface area contributed by atoms with Crippen LogP contribution in [0.25, 0.3) is 10.9 Å². The largest absolute Gasteiger partial charge is 0.473 e. The molecule has 1 aliphatic carbocycles. The Hall–Kier alpha value is -3.86. The van der Waals surface area contributed by atoms with Crippen molar-refractivity contribution in [3.63, 3.8) is 0 Å². The van der Waals surface area contributed by atoms with Crippen LogP contribution in [0.4, 0.5) is 0 Å². The molecule has 0 atom stereocenters. The number of amides is 1. The third-order valence-electron chi connectivity index (χ3n) is 6.89. The van der Waals surface area contributed by atoms with E-state index in [0.717, 1.165) is 5.56 Å². The molecule has 1 aliphatic heterocycles. The molecule has 1 saturated heterocycles. The van der Waals surface area contributed by atoms with Crippen molar-refractivity contribution in [2.24, 2.45) is 13.0 Å². The standard InChI is InChI=1S/C25H26N6O6S/c1-31-21-19(8-20(24(31)33)22(32)27-10-17-4-2-16(9-26)3-5-17)12-28-30-23(21)37-15-25(6-7-25)38(34,35)29-11-18-13-36-14-18/h2-5,8,12,18,29H,6-7,10-11,13-15H2,1H3,(H,27,32). The SMILES string of the molecule is Cn1c(=O)c(C(=O)NCc2ccc(C#N)cc2)cc2cnnc(OCC3(S(=O)(=O)NCC4COC4)CC3)c21. The van der Waals surface area contributed by atoms with Gasteiger partial charge in [-0.2, -0.15) is 10.4 Å². The number of pyridine rings is 1. The van der Waals surface area contributed by atoms with Crippen LogP contribution in [0.15, 0.2) is 41.3 Å². The minimum absolute atomic E-state index is 0.0144. The summed E-state index contributed by atoms with van der Waals surface area (Å²) in [6, 6.07) is 10.2. The summed E-state index contributed by atoms with van der Waals surface area (Å²) >= 11 is 0. The van der Waals surface area contributed by atoms with Gasteiger partial charge in [0.2, 0.25) is 10.0 Å². The van der Waals surface area contributed by atoms with Crippen LogP contribution in [0.5, 0.6) is 5.88 Å². The first kappa shape index (κ1) is 25.8. The normalized spacial score (nSPS) is 16.4. The molecule has 3 heterocycles. The molecule has 3 aromatic rings. The number of hydrogen-bond donors (Lipinski definition) is 2. The summed E-state index contributed by atoms with van der Waals surface area (Å²) < 4.78 is 39.6. The van der Waals surface area contributed by atoms with Gasteiger partial charge in [0.15, 0.2) is 0 Å². The van der Waals surface area contributed by atoms with E-state index in [1.54, 1.807) is 24.3 Å². The number of rotatable bonds is 10. The van der Waals surface area contributed by atoms with Gasteiger partial charge in [0.1, 0.15) is 22.4 Å². The fourth-order valence-corrected chi connectivity index (χ4v) is 5.78. The molecule has 2 aromatic heterocycles. The number of aryl methyl sites for hydroxylation is 1. The van der Waals surface area contributed by atoms with Gasteiger partial charge < -0.3 is 19.4 Å². The van der Waals surface area contributed by atoms with E-state index in [1.165, 1.54) is 23.9 Å². The Morgan fingerprint density at radius 3 is 2.66 bits per heavy atom. The number of nitrogens with zero attached hydrogens (tertiary/aromatic N) is 4. The first-order valence-electron chi connectivity index (χ1n) is 12.1. The summed E-state index contributed by atoms with van der Waals surface area (Å²) in [5.74, 6) is -0.377. The molecule has 13 heteroatoms. The highest BCUT2D eigenvalue weighted by Gasteiger charge is 2.55. The zero-order chi connectivity index (χ0) is 26.9. The van der Waals surface area contributed by atoms with Gasteiger partial charge in [0.05, 0.1) is 31.0 Å². The molecule has 1 aromatic carbocycles. The lowest BCUT2D eigenvalue weighted by atomic mass is 10.1. The molecule has 38 heavy (non-hydrogen) atoms. The van der Waals surface area contributed by atoms with E-state index in [2.05, 4.69) is 20.2 Å². The molecule has 2 N–H and O–H groups in total. The molecule has 0 unspecified atom stereocenters. The van der Waals surface area contributed by atoms with Gasteiger partial charge >= 0.3 is 0 Å². The second-order valence-corrected chi connectivity index (χ2v) is 11.8. The first-order valence-corrected chi connectivity index (χ1v) is 13.5. The van der Waals surface area contributed by atoms with Crippen LogP contribution in [-0.4, -0.2) is 60.2 Å². The quantitative estimate of drug-likeness (QED) is 0.376. The van der Waals surface area contributed by atoms with Crippen molar-refractivity contribution in [1.29, 1.82) is 5.26 Å². The fraction of sp³-hybridized carbons (Fsp3) is 0.400. The van der Waals surface area contributed by atoms with Gasteiger partial charge in [-0.3, -0.25) is 9.59 Å². The number of benzene rings is 1. The van der Waals surface area contributed by atoms with E-state index in [4.69, 9.17) is 14.7 Å². The fourth-order valence-electron chi connectivity index (χ4n) is 4.17. The molecule has 0 radical (unpaired) electrons. The van der Waals surface area contributed by atoms with Crippen molar-refractivity contribution in [3.05, 3.63) is 63.6 Å². The molecule has 198 valence electrons. The van der Waals surface area contributed by atoms with Crippen LogP contribution >= 0.6 is 0 Å². The first-order chi connectivity index (χ1) is 18.2. The summed E-state index contributed by atoms with van der Waals surface area (Å²) in [5, 5.41) is 20.0. The Morgan fingerprint density at radius 2 is 2.03 bits per heavy atom. The lowest BCUT2D eigenvalue weighted by Gasteiger charge is -2.27. The minimum atomic E-state index is -3.63. The summed E-state index contributed by atoms with van der Waals surface area (Å²) in [6.07, 6.45) is 2.30. The Labute approximate surface area is 218 Å². The van der Waals surface area contributed by atoms with Crippen LogP contribution < -0.4 is 20.3 Å². The van der Waals surface area contributed by atoms with Gasteiger partial charge in [-0.25, -0.2) is 13.1 Å². The van der Waals surface area contributed by atoms with Crippen molar-refractivity contribution < 1.29 is 22.7 Å². The number of sulfonamides is 1. The van der Waals surface area contributed by atoms with Crippen LogP contribution in [0.3, 0.4) is 0 Å². The van der Waals surface area contributed by atoms with Crippen LogP contribution in [0.2, 0.25) is 0 Å². The summed E-state index contributed by atoms with van der Waals surface area (Å²) in [7, 11) is -2.14. The molecule has 0 bridgehead atoms. The topological polar surface area (TPSA) is 165 Å². The van der Waals surface area contributed by atoms with E-state index in [0.29, 0.717) is 49.1 Å². The average Bonchev–Trinajstić information content (AvgIpc) is 3.69. The lowest BCUT2D eigenvalue weighted by molar-refractivity contribution is -0.0284. The maximum absolute atomic E-state index is 13.1. The van der Waals surface area contributed by atoms with Crippen molar-refractivity contribution >= 4 is 26.8 Å². The molecule has 12 nitrogen and oxygen atoms in total. The summed E-state index contributed by atoms with van der Waals surface area (Å²) in [4.78, 5) is 25.9. The average molecular weight is 539 g/mol. The number of nitriles is 1. The maximum atomic E-state index is 13.1. The van der Waals surface area contributed by atoms with Gasteiger partial charge in [-0.15, -0.1) is 5.10 Å². The highest BCUT2D eigenvalue weighted by atomic mass is 32.2. The van der Waals surface area contributed by atoms with Crippen LogP contribution in [0.1, 0.15) is 34.3 Å². The zero-order valence-corrected chi connectivity index (χ0v) is 21.5. The highest BCUT2D eigenvalue weighted by molar-refractivity contribution is 7.91. The number of carbonyl (C=O) groups is 1. The number of hydrogen-bond acceptors (Lipinski definition) is 9. The van der Waals surface area contributed by atoms with Crippen LogP contribution in [0, 0.1) is 17.2 Å². The number of nitrogens with one attached hydrogen (secondary N) is 2. The Bertz CT molecular complexity index is 1590. The summed E-state index contributed by atoms with van der Waals surface area (Å²) in [6.45, 7) is 1.44. The maximum Gasteiger partial charge on any atom is 0.263 e. The number of aromatic nitrogens is 3. The smallest absolute Gasteiger partial charge is 0.263 e. The minimum Gasteiger partial charge on any atom is -0.473 e. The zero-order valence-electron chi connectivity index (χ0n) is 20.6. The molecular weight excluding hydrogens is 512 g/mol. The molecule has 0 spiro atoms. The van der Waals surface area contributed by atoms with E-state index in [9.17, 15) is 18.0 Å². The van der Waals surface area contributed by atoms with Crippen molar-refractivity contribution in [3.8, 4) is 11.9 Å². The molecular formula is C25H26N6O6S. The van der Waals surface area contributed by atoms with Crippen LogP contribution in [-0.2, 0) is 28.4 Å². The number of carbonyl (C=O) groups excluding carboxylic acids is 1. The molecule has 5 rings (SSSR count). The van der Waals surface area contributed by atoms with Crippen molar-refractivity contribution in [1.82, 2.24) is 24.8 Å². The molecule has 2 aliphatic rings. The van der Waals surface area contributed by atoms with Gasteiger partial charge in [-0.1, -0.05) is 12.1 Å². The van der Waals surface area contributed by atoms with E-state index >= 15 is 0 Å². The van der Waals surface area contributed by atoms with Crippen molar-refractivity contribution in [2.45, 2.75) is 24.1 Å².